The monoisotopic (exact) mass is 851 g/mol. The second-order valence-corrected chi connectivity index (χ2v) is 20.1. The molecule has 10 rings (SSSR count). The van der Waals surface area contributed by atoms with Gasteiger partial charge in [-0.1, -0.05) is 187 Å². The van der Waals surface area contributed by atoms with E-state index in [2.05, 4.69) is 190 Å². The lowest BCUT2D eigenvalue weighted by atomic mass is 9.69. The van der Waals surface area contributed by atoms with Crippen molar-refractivity contribution in [2.45, 2.75) is 134 Å². The Labute approximate surface area is 390 Å². The van der Waals surface area contributed by atoms with E-state index in [-0.39, 0.29) is 16.4 Å². The largest absolute Gasteiger partial charge is 0.213 e. The van der Waals surface area contributed by atoms with Crippen LogP contribution in [-0.2, 0) is 29.2 Å². The van der Waals surface area contributed by atoms with Gasteiger partial charge in [-0.25, -0.2) is 0 Å². The van der Waals surface area contributed by atoms with Gasteiger partial charge >= 0.3 is 0 Å². The number of unbranched alkanes of at least 4 members (excludes halogenated alkanes) is 7. The first kappa shape index (κ1) is 43.1. The summed E-state index contributed by atoms with van der Waals surface area (Å²) in [6.45, 7) is 14.4. The summed E-state index contributed by atoms with van der Waals surface area (Å²) in [6, 6.07) is 57.9. The standard InChI is InChI=1S/C64H68N/c1-6-8-19-38-64(39-20-9-7-2)58-35-18-17-34-55(58)56-43-59-57(44-60(56)64)61-37-36-54(45-65(61)63(5)46(3)62(59,63)4)53-33-23-32-52(42-53)51-31-22-30-50(41-51)49-29-21-28-48(40-49)27-14-11-10-13-24-47-25-15-12-16-26-47/h12,15-18,21-23,25-26,28-37,40-45H,3,6-11,13-14,19-20,24,27,38-39H2,1-2,4-5H3/q+1. The van der Waals surface area contributed by atoms with E-state index in [1.165, 1.54) is 161 Å². The average Bonchev–Trinajstić information content (AvgIpc) is 3.68. The van der Waals surface area contributed by atoms with Crippen molar-refractivity contribution in [1.82, 2.24) is 0 Å². The molecular formula is C64H68N+. The van der Waals surface area contributed by atoms with Gasteiger partial charge in [0.15, 0.2) is 6.20 Å². The average molecular weight is 851 g/mol. The Balaban J connectivity index is 0.934. The number of hydrogen-bond donors (Lipinski definition) is 0. The first-order valence-corrected chi connectivity index (χ1v) is 25.2. The van der Waals surface area contributed by atoms with Crippen LogP contribution >= 0.6 is 0 Å². The SMILES string of the molecule is C=C1C2(C)c3cc4c(cc3-c3ccc(-c5cccc(-c6cccc(-c7cccc(CCCCCCc8ccccc8)c7)c6)c5)c[n+]3C12C)C(CCCCC)(CCCCC)c1ccccc1-4. The number of pyridine rings is 1. The van der Waals surface area contributed by atoms with E-state index < -0.39 is 0 Å². The summed E-state index contributed by atoms with van der Waals surface area (Å²) >= 11 is 0. The Bertz CT molecular complexity index is 2850. The third kappa shape index (κ3) is 7.54. The molecule has 1 fully saturated rings. The number of fused-ring (bicyclic) bond motifs is 9. The van der Waals surface area contributed by atoms with Crippen LogP contribution in [0.1, 0.15) is 133 Å². The summed E-state index contributed by atoms with van der Waals surface area (Å²) in [7, 11) is 0. The minimum absolute atomic E-state index is 0.0571. The third-order valence-corrected chi connectivity index (χ3v) is 16.3. The molecule has 2 unspecified atom stereocenters. The van der Waals surface area contributed by atoms with Crippen LogP contribution in [0, 0.1) is 0 Å². The zero-order chi connectivity index (χ0) is 44.6. The highest BCUT2D eigenvalue weighted by molar-refractivity contribution is 5.87. The molecule has 1 nitrogen and oxygen atoms in total. The Morgan fingerprint density at radius 2 is 0.985 bits per heavy atom. The second-order valence-electron chi connectivity index (χ2n) is 20.1. The van der Waals surface area contributed by atoms with Crippen molar-refractivity contribution in [3.63, 3.8) is 0 Å². The van der Waals surface area contributed by atoms with E-state index >= 15 is 0 Å². The maximum Gasteiger partial charge on any atom is 0.213 e. The zero-order valence-corrected chi connectivity index (χ0v) is 39.6. The molecule has 0 spiro atoms. The molecule has 0 N–H and O–H groups in total. The number of rotatable bonds is 18. The van der Waals surface area contributed by atoms with Gasteiger partial charge in [0.05, 0.1) is 11.0 Å². The molecule has 0 bridgehead atoms. The maximum absolute atomic E-state index is 4.83. The van der Waals surface area contributed by atoms with Gasteiger partial charge in [0, 0.05) is 29.5 Å². The lowest BCUT2D eigenvalue weighted by Gasteiger charge is -2.34. The number of aryl methyl sites for hydroxylation is 2. The van der Waals surface area contributed by atoms with Crippen LogP contribution in [0.3, 0.4) is 0 Å². The lowest BCUT2D eigenvalue weighted by Crippen LogP contribution is -2.53. The second kappa shape index (κ2) is 17.9. The van der Waals surface area contributed by atoms with Crippen molar-refractivity contribution in [2.24, 2.45) is 0 Å². The normalized spacial score (nSPS) is 18.4. The highest BCUT2D eigenvalue weighted by atomic mass is 15.2. The number of hydrogen-bond acceptors (Lipinski definition) is 0. The predicted molar refractivity (Wildman–Crippen MR) is 275 cm³/mol. The van der Waals surface area contributed by atoms with E-state index in [9.17, 15) is 0 Å². The topological polar surface area (TPSA) is 3.88 Å². The molecule has 0 saturated heterocycles. The predicted octanol–water partition coefficient (Wildman–Crippen LogP) is 17.0. The van der Waals surface area contributed by atoms with Gasteiger partial charge < -0.3 is 0 Å². The van der Waals surface area contributed by atoms with Gasteiger partial charge in [-0.15, -0.1) is 0 Å². The van der Waals surface area contributed by atoms with Crippen LogP contribution < -0.4 is 4.57 Å². The van der Waals surface area contributed by atoms with Crippen molar-refractivity contribution in [2.75, 3.05) is 0 Å². The van der Waals surface area contributed by atoms with Crippen LogP contribution in [0.4, 0.5) is 0 Å². The molecule has 1 aliphatic heterocycles. The molecule has 3 aliphatic rings. The van der Waals surface area contributed by atoms with Gasteiger partial charge in [0.1, 0.15) is 0 Å². The first-order chi connectivity index (χ1) is 31.8. The van der Waals surface area contributed by atoms with Crippen molar-refractivity contribution >= 4 is 0 Å². The fraction of sp³-hybridized carbons (Fsp3) is 0.328. The van der Waals surface area contributed by atoms with E-state index in [0.717, 1.165) is 6.42 Å². The molecule has 0 radical (unpaired) electrons. The van der Waals surface area contributed by atoms with Crippen LogP contribution in [0.15, 0.2) is 170 Å². The van der Waals surface area contributed by atoms with Gasteiger partial charge in [-0.3, -0.25) is 0 Å². The summed E-state index contributed by atoms with van der Waals surface area (Å²) in [5.41, 5.74) is 21.7. The molecule has 1 heteroatoms. The molecule has 1 aromatic heterocycles. The van der Waals surface area contributed by atoms with Gasteiger partial charge in [0.2, 0.25) is 11.2 Å². The van der Waals surface area contributed by atoms with Gasteiger partial charge in [-0.05, 0) is 143 Å². The Kier molecular flexibility index (Phi) is 11.9. The van der Waals surface area contributed by atoms with E-state index in [1.807, 2.05) is 0 Å². The summed E-state index contributed by atoms with van der Waals surface area (Å²) in [5, 5.41) is 0. The quantitative estimate of drug-likeness (QED) is 0.0460. The number of benzene rings is 6. The Morgan fingerprint density at radius 3 is 1.65 bits per heavy atom. The van der Waals surface area contributed by atoms with Crippen molar-refractivity contribution < 1.29 is 4.57 Å². The molecule has 2 heterocycles. The Morgan fingerprint density at radius 1 is 0.431 bits per heavy atom. The molecular weight excluding hydrogens is 783 g/mol. The fourth-order valence-electron chi connectivity index (χ4n) is 12.3. The first-order valence-electron chi connectivity index (χ1n) is 25.2. The van der Waals surface area contributed by atoms with E-state index in [4.69, 9.17) is 6.58 Å². The van der Waals surface area contributed by atoms with E-state index in [0.29, 0.717) is 0 Å². The molecule has 2 aliphatic carbocycles. The van der Waals surface area contributed by atoms with Crippen LogP contribution in [0.2, 0.25) is 0 Å². The smallest absolute Gasteiger partial charge is 0.187 e. The Hall–Kier alpha value is -5.79. The minimum Gasteiger partial charge on any atom is -0.187 e. The van der Waals surface area contributed by atoms with Gasteiger partial charge in [-0.2, -0.15) is 4.57 Å². The summed E-state index contributed by atoms with van der Waals surface area (Å²) in [4.78, 5) is 0. The molecule has 2 atom stereocenters. The highest BCUT2D eigenvalue weighted by Gasteiger charge is 2.77. The summed E-state index contributed by atoms with van der Waals surface area (Å²) in [5.74, 6) is 0. The number of aromatic nitrogens is 1. The van der Waals surface area contributed by atoms with Crippen LogP contribution in [0.25, 0.3) is 55.8 Å². The molecule has 1 saturated carbocycles. The summed E-state index contributed by atoms with van der Waals surface area (Å²) < 4.78 is 2.60. The van der Waals surface area contributed by atoms with Crippen LogP contribution in [0.5, 0.6) is 0 Å². The molecule has 6 aromatic carbocycles. The van der Waals surface area contributed by atoms with Crippen LogP contribution in [-0.4, -0.2) is 0 Å². The van der Waals surface area contributed by atoms with Crippen molar-refractivity contribution in [3.05, 3.63) is 198 Å². The van der Waals surface area contributed by atoms with Crippen molar-refractivity contribution in [3.8, 4) is 55.8 Å². The summed E-state index contributed by atoms with van der Waals surface area (Å²) in [6.07, 6.45) is 19.9. The van der Waals surface area contributed by atoms with Gasteiger partial charge in [0.25, 0.3) is 0 Å². The maximum atomic E-state index is 4.83. The highest BCUT2D eigenvalue weighted by Crippen LogP contribution is 2.69. The number of nitrogens with zero attached hydrogens (tertiary/aromatic N) is 1. The number of allylic oxidation sites excluding steroid dienone is 1. The molecule has 0 amide bonds. The minimum atomic E-state index is -0.195. The van der Waals surface area contributed by atoms with Crippen molar-refractivity contribution in [1.29, 1.82) is 0 Å². The van der Waals surface area contributed by atoms with E-state index in [1.54, 1.807) is 11.1 Å². The fourth-order valence-corrected chi connectivity index (χ4v) is 12.3. The molecule has 65 heavy (non-hydrogen) atoms. The third-order valence-electron chi connectivity index (χ3n) is 16.3. The zero-order valence-electron chi connectivity index (χ0n) is 39.6. The molecule has 7 aromatic rings. The molecule has 328 valence electrons. The lowest BCUT2D eigenvalue weighted by molar-refractivity contribution is -0.726.